The summed E-state index contributed by atoms with van der Waals surface area (Å²) in [5.74, 6) is 1.35. The Kier molecular flexibility index (Phi) is 6.31. The maximum absolute atomic E-state index is 6.18. The van der Waals surface area contributed by atoms with Gasteiger partial charge in [-0.3, -0.25) is 0 Å². The third-order valence-corrected chi connectivity index (χ3v) is 5.41. The van der Waals surface area contributed by atoms with E-state index in [9.17, 15) is 0 Å². The highest BCUT2D eigenvalue weighted by Gasteiger charge is 2.20. The maximum atomic E-state index is 6.18. The van der Waals surface area contributed by atoms with Crippen LogP contribution in [0.3, 0.4) is 0 Å². The van der Waals surface area contributed by atoms with Crippen LogP contribution in [0.4, 0.5) is 23.1 Å². The zero-order valence-electron chi connectivity index (χ0n) is 17.7. The van der Waals surface area contributed by atoms with Crippen LogP contribution in [0.5, 0.6) is 0 Å². The van der Waals surface area contributed by atoms with Gasteiger partial charge in [0.1, 0.15) is 5.82 Å². The molecule has 1 aliphatic rings. The molecule has 31 heavy (non-hydrogen) atoms. The molecule has 3 aromatic rings. The molecule has 3 N–H and O–H groups in total. The fourth-order valence-corrected chi connectivity index (χ4v) is 3.78. The summed E-state index contributed by atoms with van der Waals surface area (Å²) in [6, 6.07) is 9.61. The second kappa shape index (κ2) is 9.13. The van der Waals surface area contributed by atoms with Crippen molar-refractivity contribution in [1.82, 2.24) is 19.9 Å². The largest absolute Gasteiger partial charge is 0.369 e. The summed E-state index contributed by atoms with van der Waals surface area (Å²) in [6.07, 6.45) is 2.40. The molecule has 0 aliphatic carbocycles. The zero-order chi connectivity index (χ0) is 22.0. The van der Waals surface area contributed by atoms with Gasteiger partial charge >= 0.3 is 0 Å². The molecule has 0 saturated carbocycles. The molecule has 0 spiro atoms. The lowest BCUT2D eigenvalue weighted by atomic mass is 10.1. The Morgan fingerprint density at radius 1 is 1.19 bits per heavy atom. The molecule has 3 heterocycles. The SMILES string of the molecule is Cc1nc(NCCN(C)C)ccc1Nc1ncc2c(n1)-c1ccc(Cl)cc1NC(=S)C2. The molecule has 1 aromatic carbocycles. The van der Waals surface area contributed by atoms with Crippen molar-refractivity contribution in [3.63, 3.8) is 0 Å². The lowest BCUT2D eigenvalue weighted by Crippen LogP contribution is -2.21. The van der Waals surface area contributed by atoms with Crippen molar-refractivity contribution in [3.8, 4) is 11.3 Å². The number of benzene rings is 1. The third-order valence-electron chi connectivity index (χ3n) is 4.92. The summed E-state index contributed by atoms with van der Waals surface area (Å²) in [5, 5.41) is 10.5. The highest BCUT2D eigenvalue weighted by molar-refractivity contribution is 7.80. The number of nitrogens with zero attached hydrogens (tertiary/aromatic N) is 4. The monoisotopic (exact) mass is 453 g/mol. The van der Waals surface area contributed by atoms with Gasteiger partial charge in [-0.25, -0.2) is 15.0 Å². The van der Waals surface area contributed by atoms with E-state index in [1.165, 1.54) is 0 Å². The van der Waals surface area contributed by atoms with Crippen LogP contribution in [0.25, 0.3) is 11.3 Å². The number of nitrogens with one attached hydrogen (secondary N) is 3. The van der Waals surface area contributed by atoms with E-state index in [2.05, 4.69) is 30.8 Å². The normalized spacial score (nSPS) is 12.6. The summed E-state index contributed by atoms with van der Waals surface area (Å²) in [7, 11) is 4.09. The number of pyridine rings is 1. The molecular formula is C22H24ClN7S. The van der Waals surface area contributed by atoms with Crippen molar-refractivity contribution in [2.24, 2.45) is 0 Å². The number of aromatic nitrogens is 3. The van der Waals surface area contributed by atoms with Gasteiger partial charge in [0.2, 0.25) is 5.95 Å². The minimum atomic E-state index is 0.505. The van der Waals surface area contributed by atoms with Crippen LogP contribution in [0.15, 0.2) is 36.5 Å². The van der Waals surface area contributed by atoms with Gasteiger partial charge in [-0.1, -0.05) is 23.8 Å². The summed E-state index contributed by atoms with van der Waals surface area (Å²) in [6.45, 7) is 3.73. The average Bonchev–Trinajstić information content (AvgIpc) is 2.84. The summed E-state index contributed by atoms with van der Waals surface area (Å²) < 4.78 is 0. The first-order valence-electron chi connectivity index (χ1n) is 9.98. The summed E-state index contributed by atoms with van der Waals surface area (Å²) >= 11 is 11.6. The molecule has 9 heteroatoms. The van der Waals surface area contributed by atoms with Gasteiger partial charge in [-0.15, -0.1) is 0 Å². The number of aryl methyl sites for hydroxylation is 1. The topological polar surface area (TPSA) is 78.0 Å². The van der Waals surface area contributed by atoms with Crippen LogP contribution in [-0.2, 0) is 6.42 Å². The molecule has 0 bridgehead atoms. The Balaban J connectivity index is 1.59. The lowest BCUT2D eigenvalue weighted by molar-refractivity contribution is 0.425. The quantitative estimate of drug-likeness (QED) is 0.470. The lowest BCUT2D eigenvalue weighted by Gasteiger charge is -2.14. The van der Waals surface area contributed by atoms with Crippen molar-refractivity contribution in [2.75, 3.05) is 43.1 Å². The van der Waals surface area contributed by atoms with Crippen molar-refractivity contribution in [1.29, 1.82) is 0 Å². The highest BCUT2D eigenvalue weighted by atomic mass is 35.5. The van der Waals surface area contributed by atoms with Crippen LogP contribution in [-0.4, -0.2) is 52.0 Å². The molecular weight excluding hydrogens is 430 g/mol. The van der Waals surface area contributed by atoms with Crippen molar-refractivity contribution in [2.45, 2.75) is 13.3 Å². The number of hydrogen-bond donors (Lipinski definition) is 3. The standard InChI is InChI=1S/C22H24ClN7S/c1-13-17(6-7-19(26-13)24-8-9-30(2)3)28-22-25-12-14-10-20(31)27-18-11-15(23)4-5-16(18)21(14)29-22/h4-7,11-12H,8-10H2,1-3H3,(H,24,26)(H,27,31)(H,25,28,29). The van der Waals surface area contributed by atoms with E-state index < -0.39 is 0 Å². The van der Waals surface area contributed by atoms with Crippen LogP contribution >= 0.6 is 23.8 Å². The Morgan fingerprint density at radius 2 is 2.03 bits per heavy atom. The van der Waals surface area contributed by atoms with E-state index in [-0.39, 0.29) is 0 Å². The van der Waals surface area contributed by atoms with Crippen LogP contribution < -0.4 is 16.0 Å². The molecule has 2 aromatic heterocycles. The van der Waals surface area contributed by atoms with Gasteiger partial charge in [-0.05, 0) is 51.4 Å². The van der Waals surface area contributed by atoms with Gasteiger partial charge in [0.25, 0.3) is 0 Å². The number of likely N-dealkylation sites (N-methyl/N-ethyl adjacent to an activating group) is 1. The molecule has 160 valence electrons. The van der Waals surface area contributed by atoms with E-state index in [1.54, 1.807) is 0 Å². The molecule has 0 amide bonds. The van der Waals surface area contributed by atoms with Crippen molar-refractivity contribution in [3.05, 3.63) is 52.8 Å². The minimum absolute atomic E-state index is 0.505. The molecule has 0 fully saturated rings. The third kappa shape index (κ3) is 5.10. The number of halogens is 1. The van der Waals surface area contributed by atoms with Crippen LogP contribution in [0, 0.1) is 6.92 Å². The van der Waals surface area contributed by atoms with E-state index in [0.29, 0.717) is 22.4 Å². The number of rotatable bonds is 6. The van der Waals surface area contributed by atoms with E-state index in [4.69, 9.17) is 28.8 Å². The average molecular weight is 454 g/mol. The number of fused-ring (bicyclic) bond motifs is 3. The van der Waals surface area contributed by atoms with Gasteiger partial charge in [0, 0.05) is 47.5 Å². The Morgan fingerprint density at radius 3 is 2.81 bits per heavy atom. The summed E-state index contributed by atoms with van der Waals surface area (Å²) in [4.78, 5) is 16.8. The molecule has 7 nitrogen and oxygen atoms in total. The molecule has 4 rings (SSSR count). The Labute approximate surface area is 192 Å². The minimum Gasteiger partial charge on any atom is -0.369 e. The van der Waals surface area contributed by atoms with Crippen molar-refractivity contribution < 1.29 is 0 Å². The van der Waals surface area contributed by atoms with Gasteiger partial charge in [0.05, 0.1) is 22.1 Å². The number of anilines is 4. The second-order valence-electron chi connectivity index (χ2n) is 7.67. The van der Waals surface area contributed by atoms with Gasteiger partial charge in [0.15, 0.2) is 0 Å². The first-order chi connectivity index (χ1) is 14.9. The first-order valence-corrected chi connectivity index (χ1v) is 10.8. The van der Waals surface area contributed by atoms with Gasteiger partial charge in [-0.2, -0.15) is 0 Å². The molecule has 0 atom stereocenters. The highest BCUT2D eigenvalue weighted by Crippen LogP contribution is 2.35. The molecule has 0 unspecified atom stereocenters. The zero-order valence-corrected chi connectivity index (χ0v) is 19.2. The fraction of sp³-hybridized carbons (Fsp3) is 0.273. The number of hydrogen-bond acceptors (Lipinski definition) is 7. The molecule has 1 aliphatic heterocycles. The second-order valence-corrected chi connectivity index (χ2v) is 8.60. The Bertz CT molecular complexity index is 1130. The predicted molar refractivity (Wildman–Crippen MR) is 132 cm³/mol. The van der Waals surface area contributed by atoms with E-state index in [1.807, 2.05) is 57.5 Å². The molecule has 0 saturated heterocycles. The van der Waals surface area contributed by atoms with E-state index in [0.717, 1.165) is 52.8 Å². The first kappa shape index (κ1) is 21.4. The van der Waals surface area contributed by atoms with Crippen molar-refractivity contribution >= 4 is 51.9 Å². The smallest absolute Gasteiger partial charge is 0.227 e. The molecule has 0 radical (unpaired) electrons. The predicted octanol–water partition coefficient (Wildman–Crippen LogP) is 4.51. The van der Waals surface area contributed by atoms with Gasteiger partial charge < -0.3 is 20.9 Å². The fourth-order valence-electron chi connectivity index (χ4n) is 3.34. The Hall–Kier alpha value is -2.81. The van der Waals surface area contributed by atoms with E-state index >= 15 is 0 Å². The summed E-state index contributed by atoms with van der Waals surface area (Å²) in [5.41, 5.74) is 5.33. The number of thiocarbonyl (C=S) groups is 1. The van der Waals surface area contributed by atoms with Crippen LogP contribution in [0.2, 0.25) is 5.02 Å². The maximum Gasteiger partial charge on any atom is 0.227 e. The van der Waals surface area contributed by atoms with Crippen LogP contribution in [0.1, 0.15) is 11.3 Å².